The molecule has 1 aliphatic rings. The molecule has 1 unspecified atom stereocenters. The van der Waals surface area contributed by atoms with Crippen LogP contribution in [0.25, 0.3) is 5.76 Å². The van der Waals surface area contributed by atoms with Crippen LogP contribution < -0.4 is 4.74 Å². The molecular formula is C25H28ClNO4. The van der Waals surface area contributed by atoms with Gasteiger partial charge in [0, 0.05) is 12.1 Å². The lowest BCUT2D eigenvalue weighted by Crippen LogP contribution is -2.30. The van der Waals surface area contributed by atoms with Gasteiger partial charge in [0.1, 0.15) is 11.5 Å². The second kappa shape index (κ2) is 8.75. The summed E-state index contributed by atoms with van der Waals surface area (Å²) in [4.78, 5) is 27.3. The SMILES string of the molecule is CCCN1C(=O)C(=O)/C(=C(\O)c2ccc(Cl)c(OC)c2)C1c1ccc(C(C)(C)C)cc1. The fraction of sp³-hybridized carbons (Fsp3) is 0.360. The smallest absolute Gasteiger partial charge is 0.295 e. The van der Waals surface area contributed by atoms with Gasteiger partial charge in [0.15, 0.2) is 0 Å². The number of aliphatic hydroxyl groups is 1. The van der Waals surface area contributed by atoms with E-state index in [-0.39, 0.29) is 16.7 Å². The van der Waals surface area contributed by atoms with Gasteiger partial charge < -0.3 is 14.7 Å². The van der Waals surface area contributed by atoms with Crippen molar-refractivity contribution in [3.63, 3.8) is 0 Å². The summed E-state index contributed by atoms with van der Waals surface area (Å²) in [5.41, 5.74) is 2.34. The summed E-state index contributed by atoms with van der Waals surface area (Å²) in [6.45, 7) is 8.73. The molecule has 1 fully saturated rings. The molecule has 0 aliphatic carbocycles. The number of hydrogen-bond acceptors (Lipinski definition) is 4. The monoisotopic (exact) mass is 441 g/mol. The van der Waals surface area contributed by atoms with Gasteiger partial charge in [-0.15, -0.1) is 0 Å². The first-order valence-electron chi connectivity index (χ1n) is 10.3. The number of ether oxygens (including phenoxy) is 1. The molecule has 31 heavy (non-hydrogen) atoms. The molecule has 2 aromatic rings. The minimum Gasteiger partial charge on any atom is -0.507 e. The van der Waals surface area contributed by atoms with Crippen LogP contribution in [0.3, 0.4) is 0 Å². The number of carbonyl (C=O) groups is 2. The summed E-state index contributed by atoms with van der Waals surface area (Å²) in [6, 6.07) is 12.0. The van der Waals surface area contributed by atoms with Crippen LogP contribution >= 0.6 is 11.6 Å². The molecule has 0 saturated carbocycles. The first-order valence-corrected chi connectivity index (χ1v) is 10.7. The van der Waals surface area contributed by atoms with Crippen molar-refractivity contribution in [2.45, 2.75) is 45.6 Å². The Hall–Kier alpha value is -2.79. The predicted octanol–water partition coefficient (Wildman–Crippen LogP) is 5.48. The number of aliphatic hydroxyl groups excluding tert-OH is 1. The third-order valence-corrected chi connectivity index (χ3v) is 5.83. The van der Waals surface area contributed by atoms with Crippen molar-refractivity contribution in [1.29, 1.82) is 0 Å². The van der Waals surface area contributed by atoms with Crippen molar-refractivity contribution in [3.05, 3.63) is 69.8 Å². The molecule has 1 amide bonds. The molecule has 1 heterocycles. The predicted molar refractivity (Wildman–Crippen MR) is 122 cm³/mol. The molecule has 3 rings (SSSR count). The Morgan fingerprint density at radius 2 is 1.77 bits per heavy atom. The third-order valence-electron chi connectivity index (χ3n) is 5.52. The summed E-state index contributed by atoms with van der Waals surface area (Å²) in [6.07, 6.45) is 0.693. The second-order valence-corrected chi connectivity index (χ2v) is 9.12. The Balaban J connectivity index is 2.17. The Morgan fingerprint density at radius 1 is 1.13 bits per heavy atom. The molecule has 2 aromatic carbocycles. The van der Waals surface area contributed by atoms with Crippen LogP contribution in [0.5, 0.6) is 5.75 Å². The lowest BCUT2D eigenvalue weighted by atomic mass is 9.85. The van der Waals surface area contributed by atoms with Gasteiger partial charge in [-0.3, -0.25) is 9.59 Å². The van der Waals surface area contributed by atoms with E-state index in [9.17, 15) is 14.7 Å². The molecular weight excluding hydrogens is 414 g/mol. The van der Waals surface area contributed by atoms with Crippen molar-refractivity contribution in [3.8, 4) is 5.75 Å². The number of nitrogens with zero attached hydrogens (tertiary/aromatic N) is 1. The first-order chi connectivity index (χ1) is 14.6. The van der Waals surface area contributed by atoms with E-state index in [2.05, 4.69) is 20.8 Å². The highest BCUT2D eigenvalue weighted by molar-refractivity contribution is 6.46. The zero-order valence-electron chi connectivity index (χ0n) is 18.5. The number of benzene rings is 2. The van der Waals surface area contributed by atoms with Crippen molar-refractivity contribution < 1.29 is 19.4 Å². The fourth-order valence-electron chi connectivity index (χ4n) is 3.83. The highest BCUT2D eigenvalue weighted by Crippen LogP contribution is 2.40. The number of methoxy groups -OCH3 is 1. The van der Waals surface area contributed by atoms with Gasteiger partial charge in [0.25, 0.3) is 11.7 Å². The van der Waals surface area contributed by atoms with Gasteiger partial charge in [0.05, 0.1) is 23.7 Å². The normalized spacial score (nSPS) is 18.5. The summed E-state index contributed by atoms with van der Waals surface area (Å²) < 4.78 is 5.23. The Labute approximate surface area is 188 Å². The van der Waals surface area contributed by atoms with Crippen LogP contribution in [0.15, 0.2) is 48.0 Å². The quantitative estimate of drug-likeness (QED) is 0.379. The van der Waals surface area contributed by atoms with Gasteiger partial charge in [-0.2, -0.15) is 0 Å². The molecule has 1 saturated heterocycles. The van der Waals surface area contributed by atoms with Crippen molar-refractivity contribution in [2.75, 3.05) is 13.7 Å². The van der Waals surface area contributed by atoms with Crippen molar-refractivity contribution >= 4 is 29.1 Å². The molecule has 0 radical (unpaired) electrons. The lowest BCUT2D eigenvalue weighted by molar-refractivity contribution is -0.139. The van der Waals surface area contributed by atoms with Crippen LogP contribution in [0.4, 0.5) is 0 Å². The maximum absolute atomic E-state index is 13.0. The van der Waals surface area contributed by atoms with E-state index in [1.165, 1.54) is 12.0 Å². The Bertz CT molecular complexity index is 1030. The maximum Gasteiger partial charge on any atom is 0.295 e. The molecule has 1 N–H and O–H groups in total. The Kier molecular flexibility index (Phi) is 6.46. The summed E-state index contributed by atoms with van der Waals surface area (Å²) in [5, 5.41) is 11.5. The van der Waals surface area contributed by atoms with E-state index in [4.69, 9.17) is 16.3 Å². The molecule has 1 atom stereocenters. The highest BCUT2D eigenvalue weighted by atomic mass is 35.5. The van der Waals surface area contributed by atoms with E-state index in [0.717, 1.165) is 11.1 Å². The van der Waals surface area contributed by atoms with E-state index >= 15 is 0 Å². The average Bonchev–Trinajstić information content (AvgIpc) is 2.98. The number of hydrogen-bond donors (Lipinski definition) is 1. The second-order valence-electron chi connectivity index (χ2n) is 8.71. The number of likely N-dealkylation sites (tertiary alicyclic amines) is 1. The molecule has 0 spiro atoms. The maximum atomic E-state index is 13.0. The van der Waals surface area contributed by atoms with Gasteiger partial charge in [-0.05, 0) is 41.2 Å². The van der Waals surface area contributed by atoms with Gasteiger partial charge in [-0.1, -0.05) is 63.6 Å². The van der Waals surface area contributed by atoms with Gasteiger partial charge in [-0.25, -0.2) is 0 Å². The third kappa shape index (κ3) is 4.33. The molecule has 0 aromatic heterocycles. The number of halogens is 1. The summed E-state index contributed by atoms with van der Waals surface area (Å²) in [7, 11) is 1.47. The number of ketones is 1. The molecule has 164 valence electrons. The zero-order valence-corrected chi connectivity index (χ0v) is 19.3. The van der Waals surface area contributed by atoms with Crippen molar-refractivity contribution in [2.24, 2.45) is 0 Å². The van der Waals surface area contributed by atoms with Crippen LogP contribution in [0, 0.1) is 0 Å². The van der Waals surface area contributed by atoms with Gasteiger partial charge >= 0.3 is 0 Å². The van der Waals surface area contributed by atoms with E-state index < -0.39 is 17.7 Å². The molecule has 1 aliphatic heterocycles. The van der Waals surface area contributed by atoms with Crippen molar-refractivity contribution in [1.82, 2.24) is 4.90 Å². The lowest BCUT2D eigenvalue weighted by Gasteiger charge is -2.26. The minimum atomic E-state index is -0.690. The highest BCUT2D eigenvalue weighted by Gasteiger charge is 2.45. The number of carbonyl (C=O) groups excluding carboxylic acids is 2. The van der Waals surface area contributed by atoms with E-state index in [1.807, 2.05) is 31.2 Å². The first kappa shape index (κ1) is 22.9. The minimum absolute atomic E-state index is 0.0242. The van der Waals surface area contributed by atoms with Gasteiger partial charge in [0.2, 0.25) is 0 Å². The summed E-state index contributed by atoms with van der Waals surface area (Å²) in [5.74, 6) is -1.16. The standard InChI is InChI=1S/C25H28ClNO4/c1-6-13-27-21(15-7-10-17(11-8-15)25(2,3)4)20(23(29)24(27)30)22(28)16-9-12-18(26)19(14-16)31-5/h7-12,14,21,28H,6,13H2,1-5H3/b22-20-. The Morgan fingerprint density at radius 3 is 2.32 bits per heavy atom. The molecule has 6 heteroatoms. The average molecular weight is 442 g/mol. The zero-order chi connectivity index (χ0) is 22.9. The number of rotatable bonds is 5. The van der Waals surface area contributed by atoms with Crippen LogP contribution in [-0.2, 0) is 15.0 Å². The molecule has 5 nitrogen and oxygen atoms in total. The van der Waals surface area contributed by atoms with Crippen LogP contribution in [-0.4, -0.2) is 35.4 Å². The fourth-order valence-corrected chi connectivity index (χ4v) is 4.02. The van der Waals surface area contributed by atoms with E-state index in [0.29, 0.717) is 29.3 Å². The summed E-state index contributed by atoms with van der Waals surface area (Å²) >= 11 is 6.10. The largest absolute Gasteiger partial charge is 0.507 e. The topological polar surface area (TPSA) is 66.8 Å². The van der Waals surface area contributed by atoms with Crippen LogP contribution in [0.2, 0.25) is 5.02 Å². The number of Topliss-reactive ketones (excluding diaryl/α,β-unsaturated/α-hetero) is 1. The molecule has 0 bridgehead atoms. The number of amides is 1. The van der Waals surface area contributed by atoms with E-state index in [1.54, 1.807) is 18.2 Å². The van der Waals surface area contributed by atoms with Crippen LogP contribution in [0.1, 0.15) is 56.8 Å².